The van der Waals surface area contributed by atoms with Crippen molar-refractivity contribution in [2.24, 2.45) is 11.8 Å². The molecule has 69 heavy (non-hydrogen) atoms. The minimum Gasteiger partial charge on any atom is -0.389 e. The van der Waals surface area contributed by atoms with Crippen LogP contribution in [0.2, 0.25) is 0 Å². The van der Waals surface area contributed by atoms with Crippen molar-refractivity contribution in [2.45, 2.75) is 120 Å². The molecule has 7 atom stereocenters. The number of fused-ring (bicyclic) bond motifs is 7. The Hall–Kier alpha value is -4.95. The number of anilines is 3. The molecule has 2 aromatic carbocycles. The average molecular weight is 946 g/mol. The van der Waals surface area contributed by atoms with Gasteiger partial charge in [0.15, 0.2) is 0 Å². The first-order chi connectivity index (χ1) is 33.5. The molecule has 7 saturated heterocycles. The van der Waals surface area contributed by atoms with Gasteiger partial charge in [0.05, 0.1) is 42.0 Å². The van der Waals surface area contributed by atoms with Crippen molar-refractivity contribution in [3.63, 3.8) is 0 Å². The fourth-order valence-electron chi connectivity index (χ4n) is 12.7. The second kappa shape index (κ2) is 19.7. The van der Waals surface area contributed by atoms with E-state index in [4.69, 9.17) is 0 Å². The third-order valence-corrected chi connectivity index (χ3v) is 16.8. The van der Waals surface area contributed by atoms with Gasteiger partial charge in [0.25, 0.3) is 11.5 Å². The van der Waals surface area contributed by atoms with Crippen LogP contribution in [0.5, 0.6) is 0 Å². The molecule has 18 nitrogen and oxygen atoms in total. The number of piperidine rings is 4. The van der Waals surface area contributed by atoms with E-state index >= 15 is 0 Å². The van der Waals surface area contributed by atoms with E-state index in [0.717, 1.165) is 114 Å². The fraction of sp³-hybridized carbons (Fsp3) is 0.627. The number of hydrogen-bond donors (Lipinski definition) is 6. The fourth-order valence-corrected chi connectivity index (χ4v) is 12.7. The molecule has 0 saturated carbocycles. The number of allylic oxidation sites excluding steroid dienone is 1. The first-order valence-electron chi connectivity index (χ1n) is 26.0. The maximum Gasteiger partial charge on any atom is 0.275 e. The summed E-state index contributed by atoms with van der Waals surface area (Å²) in [6.07, 6.45) is 15.0. The molecule has 370 valence electrons. The van der Waals surface area contributed by atoms with E-state index in [1.54, 1.807) is 6.20 Å². The zero-order valence-electron chi connectivity index (χ0n) is 40.1. The SMILES string of the molecule is C[C@@]1(O)CC/C=C\CN2C(=O)C3CNC(Nc4ccc(N5CCN(C6CCN(CC7CCN(c8ccc9c(=O)n(C%10CCC(=O)NC%10=O)ncc9c8)CC7)CC6)CC5)cc4)NC3N2C2CCCC1N2. The Morgan fingerprint density at radius 2 is 1.59 bits per heavy atom. The van der Waals surface area contributed by atoms with Gasteiger partial charge in [-0.05, 0) is 133 Å². The van der Waals surface area contributed by atoms with Gasteiger partial charge in [0, 0.05) is 93.3 Å². The zero-order valence-corrected chi connectivity index (χ0v) is 40.1. The number of hydrazine groups is 1. The summed E-state index contributed by atoms with van der Waals surface area (Å²) in [5, 5.41) is 38.2. The van der Waals surface area contributed by atoms with Crippen molar-refractivity contribution in [2.75, 3.05) is 87.1 Å². The summed E-state index contributed by atoms with van der Waals surface area (Å²) in [5.41, 5.74) is 2.27. The summed E-state index contributed by atoms with van der Waals surface area (Å²) in [6, 6.07) is 14.6. The highest BCUT2D eigenvalue weighted by Crippen LogP contribution is 2.35. The maximum atomic E-state index is 13.8. The first-order valence-corrected chi connectivity index (χ1v) is 26.0. The number of nitrogens with one attached hydrogen (secondary N) is 5. The van der Waals surface area contributed by atoms with Crippen LogP contribution in [-0.2, 0) is 14.4 Å². The number of piperazine rings is 1. The van der Waals surface area contributed by atoms with Gasteiger partial charge in [-0.2, -0.15) is 10.1 Å². The van der Waals surface area contributed by atoms with Crippen molar-refractivity contribution in [3.05, 3.63) is 71.2 Å². The lowest BCUT2D eigenvalue weighted by atomic mass is 9.85. The van der Waals surface area contributed by atoms with Gasteiger partial charge < -0.3 is 25.1 Å². The van der Waals surface area contributed by atoms with Crippen molar-refractivity contribution in [1.29, 1.82) is 0 Å². The Labute approximate surface area is 404 Å². The van der Waals surface area contributed by atoms with Crippen LogP contribution in [0.4, 0.5) is 17.1 Å². The van der Waals surface area contributed by atoms with E-state index in [9.17, 15) is 24.3 Å². The van der Waals surface area contributed by atoms with Crippen LogP contribution in [-0.4, -0.2) is 161 Å². The quantitative estimate of drug-likeness (QED) is 0.143. The number of likely N-dealkylation sites (tertiary alicyclic amines) is 1. The summed E-state index contributed by atoms with van der Waals surface area (Å²) >= 11 is 0. The molecule has 1 aromatic heterocycles. The van der Waals surface area contributed by atoms with Crippen molar-refractivity contribution in [3.8, 4) is 0 Å². The summed E-state index contributed by atoms with van der Waals surface area (Å²) in [4.78, 5) is 61.5. The van der Waals surface area contributed by atoms with Crippen molar-refractivity contribution < 1.29 is 19.5 Å². The molecule has 9 heterocycles. The maximum absolute atomic E-state index is 13.8. The zero-order chi connectivity index (χ0) is 47.2. The van der Waals surface area contributed by atoms with E-state index in [1.807, 2.05) is 30.1 Å². The van der Waals surface area contributed by atoms with Crippen LogP contribution in [0, 0.1) is 11.8 Å². The van der Waals surface area contributed by atoms with E-state index in [0.29, 0.717) is 36.9 Å². The number of aliphatic hydroxyl groups is 1. The largest absolute Gasteiger partial charge is 0.389 e. The minimum atomic E-state index is -0.805. The highest BCUT2D eigenvalue weighted by atomic mass is 16.3. The number of hydrogen-bond acceptors (Lipinski definition) is 15. The molecule has 11 rings (SSSR count). The van der Waals surface area contributed by atoms with Crippen LogP contribution in [0.3, 0.4) is 0 Å². The van der Waals surface area contributed by atoms with Crippen LogP contribution < -0.4 is 41.9 Å². The Balaban J connectivity index is 0.616. The molecule has 7 fully saturated rings. The predicted molar refractivity (Wildman–Crippen MR) is 265 cm³/mol. The molecule has 0 radical (unpaired) electrons. The number of benzene rings is 2. The molecule has 0 aliphatic carbocycles. The summed E-state index contributed by atoms with van der Waals surface area (Å²) in [6.45, 7) is 12.7. The number of aromatic nitrogens is 2. The Morgan fingerprint density at radius 1 is 0.826 bits per heavy atom. The van der Waals surface area contributed by atoms with Crippen LogP contribution >= 0.6 is 0 Å². The summed E-state index contributed by atoms with van der Waals surface area (Å²) < 4.78 is 1.22. The molecule has 6 N–H and O–H groups in total. The Morgan fingerprint density at radius 3 is 2.38 bits per heavy atom. The average Bonchev–Trinajstić information content (AvgIpc) is 3.63. The highest BCUT2D eigenvalue weighted by molar-refractivity contribution is 5.99. The smallest absolute Gasteiger partial charge is 0.275 e. The normalized spacial score (nSPS) is 32.1. The van der Waals surface area contributed by atoms with Crippen LogP contribution in [0.1, 0.15) is 83.6 Å². The lowest BCUT2D eigenvalue weighted by Gasteiger charge is -2.47. The second-order valence-electron chi connectivity index (χ2n) is 21.2. The van der Waals surface area contributed by atoms with E-state index in [1.165, 1.54) is 23.2 Å². The molecule has 8 aliphatic rings. The van der Waals surface area contributed by atoms with Crippen molar-refractivity contribution >= 4 is 45.6 Å². The molecule has 6 unspecified atom stereocenters. The minimum absolute atomic E-state index is 0.0165. The van der Waals surface area contributed by atoms with Gasteiger partial charge in [-0.1, -0.05) is 12.2 Å². The number of carbonyl (C=O) groups is 3. The summed E-state index contributed by atoms with van der Waals surface area (Å²) in [5.74, 6) is -0.161. The molecule has 2 bridgehead atoms. The van der Waals surface area contributed by atoms with Gasteiger partial charge in [0.1, 0.15) is 12.3 Å². The van der Waals surface area contributed by atoms with Gasteiger partial charge in [-0.25, -0.2) is 4.68 Å². The van der Waals surface area contributed by atoms with Crippen LogP contribution in [0.25, 0.3) is 10.8 Å². The van der Waals surface area contributed by atoms with Gasteiger partial charge >= 0.3 is 0 Å². The number of nitrogens with zero attached hydrogens (tertiary/aromatic N) is 8. The Kier molecular flexibility index (Phi) is 13.2. The molecule has 18 heteroatoms. The van der Waals surface area contributed by atoms with E-state index in [2.05, 4.69) is 92.7 Å². The first kappa shape index (κ1) is 46.4. The van der Waals surface area contributed by atoms with Gasteiger partial charge in [-0.3, -0.25) is 50.4 Å². The van der Waals surface area contributed by atoms with Crippen molar-refractivity contribution in [1.82, 2.24) is 50.9 Å². The summed E-state index contributed by atoms with van der Waals surface area (Å²) in [7, 11) is 0. The number of amides is 3. The second-order valence-corrected chi connectivity index (χ2v) is 21.2. The lowest BCUT2D eigenvalue weighted by Crippen LogP contribution is -2.69. The molecule has 3 aromatic rings. The molecular formula is C51H71N13O5. The number of imide groups is 1. The molecular weight excluding hydrogens is 875 g/mol. The standard InChI is InChI=1S/C51H71N13O5/c1-51(69)20-3-2-4-21-62-48(67)41-32-52-50(57-46(41)64(62)44-7-5-6-43(51)55-44)54-36-8-10-37(11-9-36)60-26-28-61(29-27-60)38-18-22-58(23-19-38)33-34-16-24-59(25-17-34)39-12-13-40-35(30-39)31-53-63(49(40)68)42-14-15-45(65)56-47(42)66/h2,4,8-13,30-31,34,38,41-44,46,50,52,54-55,57,69H,3,5-7,14-29,32-33H2,1H3,(H,56,65,66)/b4-2-/t41?,42?,43?,44?,46?,50?,51-/m1/s1. The van der Waals surface area contributed by atoms with Gasteiger partial charge in [0.2, 0.25) is 11.8 Å². The molecule has 8 aliphatic heterocycles. The monoisotopic (exact) mass is 946 g/mol. The van der Waals surface area contributed by atoms with Gasteiger partial charge in [-0.15, -0.1) is 0 Å². The number of rotatable bonds is 8. The van der Waals surface area contributed by atoms with E-state index < -0.39 is 17.6 Å². The topological polar surface area (TPSA) is 186 Å². The Bertz CT molecular complexity index is 2440. The predicted octanol–water partition coefficient (Wildman–Crippen LogP) is 2.34. The highest BCUT2D eigenvalue weighted by Gasteiger charge is 2.53. The number of carbonyl (C=O) groups excluding carboxylic acids is 3. The molecule has 3 amide bonds. The third-order valence-electron chi connectivity index (χ3n) is 16.8. The molecule has 0 spiro atoms. The third kappa shape index (κ3) is 9.65. The van der Waals surface area contributed by atoms with Crippen LogP contribution in [0.15, 0.2) is 65.6 Å². The van der Waals surface area contributed by atoms with E-state index in [-0.39, 0.29) is 60.8 Å². The lowest BCUT2D eigenvalue weighted by molar-refractivity contribution is -0.146.